The number of hydrogen-bond donors (Lipinski definition) is 1. The van der Waals surface area contributed by atoms with Crippen molar-refractivity contribution < 1.29 is 14.7 Å². The van der Waals surface area contributed by atoms with Crippen molar-refractivity contribution in [1.29, 1.82) is 0 Å². The predicted octanol–water partition coefficient (Wildman–Crippen LogP) is 2.77. The first kappa shape index (κ1) is 15.5. The molecule has 0 aliphatic heterocycles. The summed E-state index contributed by atoms with van der Waals surface area (Å²) in [5.74, 6) is -1.64. The van der Waals surface area contributed by atoms with Crippen LogP contribution in [0.15, 0.2) is 24.3 Å². The number of halogens is 1. The third kappa shape index (κ3) is 4.24. The van der Waals surface area contributed by atoms with Gasteiger partial charge in [0.25, 0.3) is 0 Å². The van der Waals surface area contributed by atoms with Crippen molar-refractivity contribution >= 4 is 23.5 Å². The number of carboxylic acids is 1. The zero-order valence-electron chi connectivity index (χ0n) is 11.3. The van der Waals surface area contributed by atoms with E-state index >= 15 is 0 Å². The van der Waals surface area contributed by atoms with Crippen LogP contribution in [0.25, 0.3) is 0 Å². The summed E-state index contributed by atoms with van der Waals surface area (Å²) in [4.78, 5) is 24.5. The Kier molecular flexibility index (Phi) is 5.36. The Balaban J connectivity index is 2.93. The second-order valence-corrected chi connectivity index (χ2v) is 5.17. The highest BCUT2D eigenvalue weighted by Crippen LogP contribution is 2.22. The monoisotopic (exact) mass is 283 g/mol. The first-order chi connectivity index (χ1) is 8.82. The molecule has 1 rings (SSSR count). The standard InChI is InChI=1S/C14H18ClNO3/c1-9(2)16(8-13(17)18)14(19)10(3)11-5-4-6-12(15)7-11/h4-7,9-10H,8H2,1-3H3,(H,17,18). The topological polar surface area (TPSA) is 57.6 Å². The van der Waals surface area contributed by atoms with E-state index in [1.807, 2.05) is 6.07 Å². The molecule has 0 saturated heterocycles. The molecule has 1 aromatic rings. The minimum atomic E-state index is -1.01. The van der Waals surface area contributed by atoms with Crippen LogP contribution >= 0.6 is 11.6 Å². The Hall–Kier alpha value is -1.55. The maximum absolute atomic E-state index is 12.4. The van der Waals surface area contributed by atoms with Crippen LogP contribution in [0.2, 0.25) is 5.02 Å². The lowest BCUT2D eigenvalue weighted by molar-refractivity contribution is -0.146. The largest absolute Gasteiger partial charge is 0.480 e. The van der Waals surface area contributed by atoms with E-state index in [0.717, 1.165) is 5.56 Å². The quantitative estimate of drug-likeness (QED) is 0.904. The second kappa shape index (κ2) is 6.57. The third-order valence-electron chi connectivity index (χ3n) is 2.93. The minimum absolute atomic E-state index is 0.162. The van der Waals surface area contributed by atoms with Gasteiger partial charge < -0.3 is 10.0 Å². The fourth-order valence-corrected chi connectivity index (χ4v) is 2.03. The molecule has 104 valence electrons. The Morgan fingerprint density at radius 2 is 1.95 bits per heavy atom. The molecule has 0 spiro atoms. The van der Waals surface area contributed by atoms with E-state index in [9.17, 15) is 9.59 Å². The summed E-state index contributed by atoms with van der Waals surface area (Å²) in [5.41, 5.74) is 0.786. The molecule has 1 aromatic carbocycles. The normalized spacial score (nSPS) is 12.3. The highest BCUT2D eigenvalue weighted by molar-refractivity contribution is 6.30. The summed E-state index contributed by atoms with van der Waals surface area (Å²) in [5, 5.41) is 9.42. The van der Waals surface area contributed by atoms with Crippen LogP contribution in [0.3, 0.4) is 0 Å². The van der Waals surface area contributed by atoms with Gasteiger partial charge in [0.15, 0.2) is 0 Å². The molecule has 0 aliphatic carbocycles. The average Bonchev–Trinajstić information content (AvgIpc) is 2.33. The Bertz CT molecular complexity index is 474. The van der Waals surface area contributed by atoms with Crippen molar-refractivity contribution in [2.75, 3.05) is 6.54 Å². The van der Waals surface area contributed by atoms with Gasteiger partial charge in [-0.3, -0.25) is 9.59 Å². The molecule has 1 N–H and O–H groups in total. The van der Waals surface area contributed by atoms with E-state index in [2.05, 4.69) is 0 Å². The molecule has 0 saturated carbocycles. The molecular formula is C14H18ClNO3. The van der Waals surface area contributed by atoms with Gasteiger partial charge in [-0.1, -0.05) is 23.7 Å². The zero-order chi connectivity index (χ0) is 14.6. The van der Waals surface area contributed by atoms with Crippen LogP contribution in [-0.4, -0.2) is 34.5 Å². The van der Waals surface area contributed by atoms with Crippen molar-refractivity contribution in [2.24, 2.45) is 0 Å². The van der Waals surface area contributed by atoms with Crippen LogP contribution in [0, 0.1) is 0 Å². The molecule has 19 heavy (non-hydrogen) atoms. The number of carboxylic acid groups (broad SMARTS) is 1. The number of aliphatic carboxylic acids is 1. The predicted molar refractivity (Wildman–Crippen MR) is 74.4 cm³/mol. The van der Waals surface area contributed by atoms with Gasteiger partial charge in [-0.15, -0.1) is 0 Å². The van der Waals surface area contributed by atoms with Crippen molar-refractivity contribution in [3.05, 3.63) is 34.9 Å². The highest BCUT2D eigenvalue weighted by Gasteiger charge is 2.25. The van der Waals surface area contributed by atoms with Crippen molar-refractivity contribution in [2.45, 2.75) is 32.7 Å². The molecule has 1 unspecified atom stereocenters. The summed E-state index contributed by atoms with van der Waals surface area (Å²) in [6.45, 7) is 5.06. The fourth-order valence-electron chi connectivity index (χ4n) is 1.83. The van der Waals surface area contributed by atoms with Crippen LogP contribution in [0.5, 0.6) is 0 Å². The highest BCUT2D eigenvalue weighted by atomic mass is 35.5. The first-order valence-corrected chi connectivity index (χ1v) is 6.48. The molecule has 0 bridgehead atoms. The number of nitrogens with zero attached hydrogens (tertiary/aromatic N) is 1. The lowest BCUT2D eigenvalue weighted by Gasteiger charge is -2.28. The minimum Gasteiger partial charge on any atom is -0.480 e. The van der Waals surface area contributed by atoms with Crippen LogP contribution in [0.1, 0.15) is 32.3 Å². The maximum Gasteiger partial charge on any atom is 0.323 e. The molecular weight excluding hydrogens is 266 g/mol. The molecule has 4 nitrogen and oxygen atoms in total. The molecule has 0 fully saturated rings. The van der Waals surface area contributed by atoms with Gasteiger partial charge in [0, 0.05) is 11.1 Å². The summed E-state index contributed by atoms with van der Waals surface area (Å²) >= 11 is 5.90. The van der Waals surface area contributed by atoms with E-state index in [1.54, 1.807) is 39.0 Å². The molecule has 1 atom stereocenters. The molecule has 0 aromatic heterocycles. The summed E-state index contributed by atoms with van der Waals surface area (Å²) in [6, 6.07) is 6.89. The number of benzene rings is 1. The lowest BCUT2D eigenvalue weighted by Crippen LogP contribution is -2.42. The Labute approximate surface area is 118 Å². The molecule has 0 radical (unpaired) electrons. The molecule has 5 heteroatoms. The van der Waals surface area contributed by atoms with E-state index in [1.165, 1.54) is 4.90 Å². The number of hydrogen-bond acceptors (Lipinski definition) is 2. The third-order valence-corrected chi connectivity index (χ3v) is 3.17. The summed E-state index contributed by atoms with van der Waals surface area (Å²) in [7, 11) is 0. The van der Waals surface area contributed by atoms with Crippen LogP contribution < -0.4 is 0 Å². The van der Waals surface area contributed by atoms with Gasteiger partial charge in [0.05, 0.1) is 5.92 Å². The van der Waals surface area contributed by atoms with Gasteiger partial charge in [0.1, 0.15) is 6.54 Å². The van der Waals surface area contributed by atoms with Crippen molar-refractivity contribution in [3.8, 4) is 0 Å². The Morgan fingerprint density at radius 1 is 1.32 bits per heavy atom. The van der Waals surface area contributed by atoms with E-state index in [-0.39, 0.29) is 18.5 Å². The zero-order valence-corrected chi connectivity index (χ0v) is 12.0. The smallest absolute Gasteiger partial charge is 0.323 e. The molecule has 1 amide bonds. The number of carbonyl (C=O) groups excluding carboxylic acids is 1. The van der Waals surface area contributed by atoms with Crippen molar-refractivity contribution in [3.63, 3.8) is 0 Å². The number of amides is 1. The molecule has 0 heterocycles. The van der Waals surface area contributed by atoms with Gasteiger partial charge in [-0.2, -0.15) is 0 Å². The van der Waals surface area contributed by atoms with E-state index < -0.39 is 11.9 Å². The van der Waals surface area contributed by atoms with E-state index in [0.29, 0.717) is 5.02 Å². The van der Waals surface area contributed by atoms with Crippen LogP contribution in [-0.2, 0) is 9.59 Å². The first-order valence-electron chi connectivity index (χ1n) is 6.10. The van der Waals surface area contributed by atoms with Gasteiger partial charge in [-0.05, 0) is 38.5 Å². The van der Waals surface area contributed by atoms with Gasteiger partial charge in [-0.25, -0.2) is 0 Å². The van der Waals surface area contributed by atoms with Gasteiger partial charge in [0.2, 0.25) is 5.91 Å². The van der Waals surface area contributed by atoms with Crippen molar-refractivity contribution in [1.82, 2.24) is 4.90 Å². The lowest BCUT2D eigenvalue weighted by atomic mass is 9.99. The SMILES string of the molecule is CC(C(=O)N(CC(=O)O)C(C)C)c1cccc(Cl)c1. The fraction of sp³-hybridized carbons (Fsp3) is 0.429. The average molecular weight is 284 g/mol. The van der Waals surface area contributed by atoms with E-state index in [4.69, 9.17) is 16.7 Å². The number of rotatable bonds is 5. The number of carbonyl (C=O) groups is 2. The molecule has 0 aliphatic rings. The Morgan fingerprint density at radius 3 is 2.42 bits per heavy atom. The van der Waals surface area contributed by atoms with Crippen LogP contribution in [0.4, 0.5) is 0 Å². The van der Waals surface area contributed by atoms with Gasteiger partial charge >= 0.3 is 5.97 Å². The second-order valence-electron chi connectivity index (χ2n) is 4.73. The summed E-state index contributed by atoms with van der Waals surface area (Å²) < 4.78 is 0. The maximum atomic E-state index is 12.4. The summed E-state index contributed by atoms with van der Waals surface area (Å²) in [6.07, 6.45) is 0.